The Labute approximate surface area is 234 Å². The molecule has 0 amide bonds. The van der Waals surface area contributed by atoms with Gasteiger partial charge in [0.05, 0.1) is 38.6 Å². The van der Waals surface area contributed by atoms with Crippen LogP contribution >= 0.6 is 0 Å². The van der Waals surface area contributed by atoms with Gasteiger partial charge in [0.1, 0.15) is 37.1 Å². The molecule has 41 heavy (non-hydrogen) atoms. The Hall–Kier alpha value is -3.28. The lowest BCUT2D eigenvalue weighted by Crippen LogP contribution is -2.60. The number of carbonyl (C=O) groups excluding carboxylic acids is 2. The van der Waals surface area contributed by atoms with Gasteiger partial charge in [0.15, 0.2) is 17.8 Å². The van der Waals surface area contributed by atoms with Crippen LogP contribution in [0.1, 0.15) is 18.1 Å². The van der Waals surface area contributed by atoms with Gasteiger partial charge < -0.3 is 64.2 Å². The third kappa shape index (κ3) is 7.52. The van der Waals surface area contributed by atoms with E-state index < -0.39 is 86.3 Å². The molecule has 2 aliphatic heterocycles. The lowest BCUT2D eigenvalue weighted by atomic mass is 9.86. The third-order valence-corrected chi connectivity index (χ3v) is 6.65. The molecule has 1 aromatic carbocycles. The summed E-state index contributed by atoms with van der Waals surface area (Å²) in [6.07, 6.45) is -8.60. The number of phenolic OH excluding ortho intramolecular Hbond substituents is 2. The Kier molecular flexibility index (Phi) is 11.5. The van der Waals surface area contributed by atoms with Crippen LogP contribution in [0.2, 0.25) is 0 Å². The predicted octanol–water partition coefficient (Wildman–Crippen LogP) is -1.52. The highest BCUT2D eigenvalue weighted by Crippen LogP contribution is 2.36. The summed E-state index contributed by atoms with van der Waals surface area (Å²) in [6, 6.07) is 3.96. The number of rotatable bonds is 11. The normalized spacial score (nSPS) is 29.8. The minimum Gasteiger partial charge on any atom is -0.504 e. The number of aliphatic hydroxyl groups is 5. The maximum Gasteiger partial charge on any atom is 0.337 e. The molecule has 15 heteroatoms. The molecule has 228 valence electrons. The van der Waals surface area contributed by atoms with Gasteiger partial charge in [0.2, 0.25) is 6.29 Å². The topological polar surface area (TPSA) is 231 Å². The zero-order chi connectivity index (χ0) is 30.3. The quantitative estimate of drug-likeness (QED) is 0.0887. The number of esters is 2. The van der Waals surface area contributed by atoms with Crippen molar-refractivity contribution in [1.29, 1.82) is 0 Å². The molecule has 1 aromatic rings. The molecular formula is C26H34O15. The number of methoxy groups -OCH3 is 2. The number of benzene rings is 1. The first-order chi connectivity index (χ1) is 19.6. The minimum atomic E-state index is -1.77. The molecule has 2 heterocycles. The maximum absolute atomic E-state index is 12.9. The number of ether oxygens (including phenoxy) is 6. The summed E-state index contributed by atoms with van der Waals surface area (Å²) in [5, 5.41) is 68.9. The molecule has 0 saturated carbocycles. The summed E-state index contributed by atoms with van der Waals surface area (Å²) < 4.78 is 32.0. The third-order valence-electron chi connectivity index (χ3n) is 6.65. The summed E-state index contributed by atoms with van der Waals surface area (Å²) in [6.45, 7) is -1.59. The number of aliphatic hydroxyl groups excluding tert-OH is 5. The van der Waals surface area contributed by atoms with Crippen molar-refractivity contribution in [1.82, 2.24) is 0 Å². The van der Waals surface area contributed by atoms with Crippen LogP contribution in [0, 0.1) is 5.92 Å². The van der Waals surface area contributed by atoms with Gasteiger partial charge in [-0.05, 0) is 17.7 Å². The molecule has 8 unspecified atom stereocenters. The Morgan fingerprint density at radius 3 is 2.39 bits per heavy atom. The van der Waals surface area contributed by atoms with E-state index in [1.54, 1.807) is 0 Å². The van der Waals surface area contributed by atoms with Gasteiger partial charge in [-0.2, -0.15) is 0 Å². The van der Waals surface area contributed by atoms with E-state index in [0.29, 0.717) is 5.56 Å². The zero-order valence-corrected chi connectivity index (χ0v) is 22.2. The monoisotopic (exact) mass is 586 g/mol. The molecule has 0 spiro atoms. The van der Waals surface area contributed by atoms with Gasteiger partial charge in [-0.3, -0.25) is 4.79 Å². The fraction of sp³-hybridized carbons (Fsp3) is 0.538. The van der Waals surface area contributed by atoms with Gasteiger partial charge in [-0.1, -0.05) is 12.1 Å². The molecular weight excluding hydrogens is 552 g/mol. The van der Waals surface area contributed by atoms with Crippen molar-refractivity contribution in [2.24, 2.45) is 5.92 Å². The van der Waals surface area contributed by atoms with E-state index in [-0.39, 0.29) is 23.5 Å². The van der Waals surface area contributed by atoms with Crippen molar-refractivity contribution in [3.05, 3.63) is 47.2 Å². The van der Waals surface area contributed by atoms with E-state index in [2.05, 4.69) is 0 Å². The smallest absolute Gasteiger partial charge is 0.337 e. The SMILES string of the molecule is COC(=O)C1=COC(OC2OC(CO)C(O)C(O)C2O)C(=CCO)C1CC(=O)OCC(OC)c1ccc(O)c(O)c1. The van der Waals surface area contributed by atoms with Crippen molar-refractivity contribution in [2.45, 2.75) is 49.5 Å². The highest BCUT2D eigenvalue weighted by Gasteiger charge is 2.47. The van der Waals surface area contributed by atoms with Crippen LogP contribution in [0.3, 0.4) is 0 Å². The molecule has 2 aliphatic rings. The first kappa shape index (κ1) is 32.2. The summed E-state index contributed by atoms with van der Waals surface area (Å²) in [7, 11) is 2.46. The van der Waals surface area contributed by atoms with Crippen LogP contribution in [-0.4, -0.2) is 119 Å². The fourth-order valence-corrected chi connectivity index (χ4v) is 4.37. The molecule has 7 N–H and O–H groups in total. The van der Waals surface area contributed by atoms with Crippen LogP contribution in [0.4, 0.5) is 0 Å². The van der Waals surface area contributed by atoms with Crippen molar-refractivity contribution < 1.29 is 73.8 Å². The lowest BCUT2D eigenvalue weighted by molar-refractivity contribution is -0.327. The minimum absolute atomic E-state index is 0.0519. The summed E-state index contributed by atoms with van der Waals surface area (Å²) in [4.78, 5) is 25.4. The average Bonchev–Trinajstić information content (AvgIpc) is 2.96. The first-order valence-electron chi connectivity index (χ1n) is 12.5. The van der Waals surface area contributed by atoms with E-state index in [0.717, 1.165) is 13.4 Å². The fourth-order valence-electron chi connectivity index (χ4n) is 4.37. The molecule has 1 saturated heterocycles. The summed E-state index contributed by atoms with van der Waals surface area (Å²) in [5.74, 6) is -3.51. The summed E-state index contributed by atoms with van der Waals surface area (Å²) >= 11 is 0. The second kappa shape index (κ2) is 14.6. The molecule has 15 nitrogen and oxygen atoms in total. The largest absolute Gasteiger partial charge is 0.504 e. The van der Waals surface area contributed by atoms with Gasteiger partial charge in [-0.15, -0.1) is 0 Å². The van der Waals surface area contributed by atoms with Gasteiger partial charge in [0, 0.05) is 18.6 Å². The van der Waals surface area contributed by atoms with Crippen LogP contribution < -0.4 is 0 Å². The van der Waals surface area contributed by atoms with Crippen molar-refractivity contribution in [3.8, 4) is 11.5 Å². The number of hydrogen-bond donors (Lipinski definition) is 7. The van der Waals surface area contributed by atoms with E-state index in [1.807, 2.05) is 0 Å². The van der Waals surface area contributed by atoms with E-state index >= 15 is 0 Å². The van der Waals surface area contributed by atoms with Crippen molar-refractivity contribution in [2.75, 3.05) is 34.0 Å². The van der Waals surface area contributed by atoms with Crippen LogP contribution in [0.5, 0.6) is 11.5 Å². The van der Waals surface area contributed by atoms with Crippen LogP contribution in [0.25, 0.3) is 0 Å². The second-order valence-electron chi connectivity index (χ2n) is 9.17. The Bertz CT molecular complexity index is 1120. The molecule has 0 aliphatic carbocycles. The molecule has 8 atom stereocenters. The van der Waals surface area contributed by atoms with E-state index in [9.17, 15) is 45.3 Å². The van der Waals surface area contributed by atoms with Crippen LogP contribution in [-0.2, 0) is 38.0 Å². The molecule has 1 fully saturated rings. The Balaban J connectivity index is 1.79. The molecule has 3 rings (SSSR count). The summed E-state index contributed by atoms with van der Waals surface area (Å²) in [5.41, 5.74) is 0.339. The zero-order valence-electron chi connectivity index (χ0n) is 22.2. The average molecular weight is 587 g/mol. The second-order valence-corrected chi connectivity index (χ2v) is 9.17. The van der Waals surface area contributed by atoms with Crippen molar-refractivity contribution in [3.63, 3.8) is 0 Å². The highest BCUT2D eigenvalue weighted by atomic mass is 16.8. The molecule has 0 radical (unpaired) electrons. The predicted molar refractivity (Wildman–Crippen MR) is 134 cm³/mol. The number of aromatic hydroxyl groups is 2. The Morgan fingerprint density at radius 1 is 1.05 bits per heavy atom. The maximum atomic E-state index is 12.9. The lowest BCUT2D eigenvalue weighted by Gasteiger charge is -2.42. The van der Waals surface area contributed by atoms with Gasteiger partial charge >= 0.3 is 11.9 Å². The number of hydrogen-bond acceptors (Lipinski definition) is 15. The highest BCUT2D eigenvalue weighted by molar-refractivity contribution is 5.90. The van der Waals surface area contributed by atoms with Gasteiger partial charge in [0.25, 0.3) is 0 Å². The van der Waals surface area contributed by atoms with E-state index in [1.165, 1.54) is 31.4 Å². The molecule has 0 aromatic heterocycles. The molecule has 0 bridgehead atoms. The number of phenols is 2. The van der Waals surface area contributed by atoms with E-state index in [4.69, 9.17) is 28.4 Å². The Morgan fingerprint density at radius 2 is 1.78 bits per heavy atom. The first-order valence-corrected chi connectivity index (χ1v) is 12.5. The standard InChI is InChI=1S/C26H34O15/c1-36-19(12-3-4-16(29)17(30)7-12)11-38-20(31)8-14-13(5-6-27)25(39-10-15(14)24(35)37-2)41-26-23(34)22(33)21(32)18(9-28)40-26/h3-5,7,10,14,18-19,21-23,25-30,32-34H,6,8-9,11H2,1-2H3. The van der Waals surface area contributed by atoms with Gasteiger partial charge in [-0.25, -0.2) is 4.79 Å². The van der Waals surface area contributed by atoms with Crippen molar-refractivity contribution >= 4 is 11.9 Å². The van der Waals surface area contributed by atoms with Crippen LogP contribution in [0.15, 0.2) is 41.7 Å². The number of carbonyl (C=O) groups is 2.